The molecule has 25 heavy (non-hydrogen) atoms. The van der Waals surface area contributed by atoms with Gasteiger partial charge in [0.05, 0.1) is 24.2 Å². The second-order valence-corrected chi connectivity index (χ2v) is 7.26. The van der Waals surface area contributed by atoms with E-state index in [9.17, 15) is 0 Å². The van der Waals surface area contributed by atoms with Crippen molar-refractivity contribution in [3.63, 3.8) is 0 Å². The van der Waals surface area contributed by atoms with Crippen LogP contribution in [0.15, 0.2) is 65.7 Å². The van der Waals surface area contributed by atoms with E-state index in [4.69, 9.17) is 10.5 Å². The number of nitrogens with two attached hydrogens (primary N) is 1. The van der Waals surface area contributed by atoms with Crippen molar-refractivity contribution < 1.29 is 4.74 Å². The molecule has 5 heteroatoms. The van der Waals surface area contributed by atoms with Gasteiger partial charge in [0.25, 0.3) is 0 Å². The van der Waals surface area contributed by atoms with Gasteiger partial charge in [0.15, 0.2) is 5.17 Å². The third kappa shape index (κ3) is 3.72. The Kier molecular flexibility index (Phi) is 4.76. The number of aliphatic imine (C=N–C) groups is 1. The van der Waals surface area contributed by atoms with Gasteiger partial charge in [0.2, 0.25) is 0 Å². The van der Waals surface area contributed by atoms with Crippen LogP contribution in [0, 0.1) is 0 Å². The van der Waals surface area contributed by atoms with Gasteiger partial charge in [0, 0.05) is 24.3 Å². The van der Waals surface area contributed by atoms with Gasteiger partial charge in [-0.1, -0.05) is 54.2 Å². The lowest BCUT2D eigenvalue weighted by molar-refractivity contribution is 0.122. The van der Waals surface area contributed by atoms with E-state index in [0.717, 1.165) is 37.6 Å². The average molecular weight is 351 g/mol. The summed E-state index contributed by atoms with van der Waals surface area (Å²) < 4.78 is 5.42. The highest BCUT2D eigenvalue weighted by Gasteiger charge is 2.19. The predicted octanol–water partition coefficient (Wildman–Crippen LogP) is 3.67. The summed E-state index contributed by atoms with van der Waals surface area (Å²) in [6.07, 6.45) is 2.19. The van der Waals surface area contributed by atoms with Crippen molar-refractivity contribution in [2.45, 2.75) is 5.25 Å². The first-order valence-corrected chi connectivity index (χ1v) is 9.38. The summed E-state index contributed by atoms with van der Waals surface area (Å²) in [7, 11) is 0. The molecule has 4 nitrogen and oxygen atoms in total. The van der Waals surface area contributed by atoms with Crippen LogP contribution in [0.2, 0.25) is 0 Å². The van der Waals surface area contributed by atoms with Crippen molar-refractivity contribution in [2.24, 2.45) is 10.7 Å². The van der Waals surface area contributed by atoms with Gasteiger partial charge < -0.3 is 15.4 Å². The first-order valence-electron chi connectivity index (χ1n) is 8.50. The minimum atomic E-state index is 0.201. The lowest BCUT2D eigenvalue weighted by atomic mass is 10.1. The van der Waals surface area contributed by atoms with Crippen LogP contribution < -0.4 is 10.6 Å². The highest BCUT2D eigenvalue weighted by molar-refractivity contribution is 8.14. The van der Waals surface area contributed by atoms with Crippen LogP contribution in [0.25, 0.3) is 5.70 Å². The number of thioether (sulfide) groups is 1. The van der Waals surface area contributed by atoms with Gasteiger partial charge in [-0.3, -0.25) is 0 Å². The van der Waals surface area contributed by atoms with Crippen LogP contribution in [0.4, 0.5) is 5.69 Å². The number of hydrogen-bond acceptors (Lipinski definition) is 5. The molecule has 1 atom stereocenters. The minimum Gasteiger partial charge on any atom is -0.378 e. The quantitative estimate of drug-likeness (QED) is 0.917. The van der Waals surface area contributed by atoms with Gasteiger partial charge in [-0.05, 0) is 23.8 Å². The number of morpholine rings is 1. The zero-order valence-electron chi connectivity index (χ0n) is 14.0. The van der Waals surface area contributed by atoms with E-state index in [-0.39, 0.29) is 5.25 Å². The smallest absolute Gasteiger partial charge is 0.160 e. The van der Waals surface area contributed by atoms with E-state index in [2.05, 4.69) is 64.5 Å². The summed E-state index contributed by atoms with van der Waals surface area (Å²) in [4.78, 5) is 6.91. The maximum Gasteiger partial charge on any atom is 0.160 e. The molecule has 1 unspecified atom stereocenters. The van der Waals surface area contributed by atoms with E-state index >= 15 is 0 Å². The molecule has 0 amide bonds. The molecular formula is C20H21N3OS. The summed E-state index contributed by atoms with van der Waals surface area (Å²) >= 11 is 1.59. The summed E-state index contributed by atoms with van der Waals surface area (Å²) in [5.41, 5.74) is 10.6. The van der Waals surface area contributed by atoms with E-state index in [1.54, 1.807) is 11.8 Å². The fraction of sp³-hybridized carbons (Fsp3) is 0.250. The Morgan fingerprint density at radius 2 is 1.72 bits per heavy atom. The number of nitrogens with zero attached hydrogens (tertiary/aromatic N) is 2. The fourth-order valence-corrected chi connectivity index (χ4v) is 4.02. The van der Waals surface area contributed by atoms with E-state index in [1.807, 2.05) is 6.07 Å². The van der Waals surface area contributed by atoms with Crippen LogP contribution in [-0.2, 0) is 4.74 Å². The Morgan fingerprint density at radius 3 is 2.44 bits per heavy atom. The van der Waals surface area contributed by atoms with Crippen molar-refractivity contribution in [2.75, 3.05) is 31.2 Å². The molecule has 2 aliphatic heterocycles. The van der Waals surface area contributed by atoms with Crippen LogP contribution in [0.1, 0.15) is 16.4 Å². The molecule has 128 valence electrons. The summed E-state index contributed by atoms with van der Waals surface area (Å²) in [5, 5.41) is 0.816. The largest absolute Gasteiger partial charge is 0.378 e. The predicted molar refractivity (Wildman–Crippen MR) is 106 cm³/mol. The van der Waals surface area contributed by atoms with Crippen LogP contribution in [0.3, 0.4) is 0 Å². The summed E-state index contributed by atoms with van der Waals surface area (Å²) in [6.45, 7) is 3.48. The third-order valence-corrected chi connectivity index (χ3v) is 5.45. The monoisotopic (exact) mass is 351 g/mol. The molecule has 2 aromatic carbocycles. The molecule has 0 aliphatic carbocycles. The van der Waals surface area contributed by atoms with Crippen molar-refractivity contribution >= 4 is 28.3 Å². The van der Waals surface area contributed by atoms with Crippen molar-refractivity contribution in [1.29, 1.82) is 0 Å². The summed E-state index contributed by atoms with van der Waals surface area (Å²) in [5.74, 6) is 0. The number of amidine groups is 1. The van der Waals surface area contributed by atoms with Crippen molar-refractivity contribution in [1.82, 2.24) is 0 Å². The molecule has 2 aliphatic rings. The average Bonchev–Trinajstić information content (AvgIpc) is 2.69. The molecule has 0 saturated carbocycles. The first-order chi connectivity index (χ1) is 12.3. The maximum atomic E-state index is 6.09. The fourth-order valence-electron chi connectivity index (χ4n) is 3.12. The van der Waals surface area contributed by atoms with Gasteiger partial charge >= 0.3 is 0 Å². The summed E-state index contributed by atoms with van der Waals surface area (Å²) in [6, 6.07) is 19.0. The molecule has 4 rings (SSSR count). The van der Waals surface area contributed by atoms with E-state index in [1.165, 1.54) is 11.3 Å². The molecule has 2 N–H and O–H groups in total. The molecule has 0 spiro atoms. The van der Waals surface area contributed by atoms with Crippen LogP contribution >= 0.6 is 11.8 Å². The minimum absolute atomic E-state index is 0.201. The number of benzene rings is 2. The van der Waals surface area contributed by atoms with Crippen molar-refractivity contribution in [3.8, 4) is 0 Å². The Morgan fingerprint density at radius 1 is 1.00 bits per heavy atom. The van der Waals surface area contributed by atoms with Gasteiger partial charge in [-0.25, -0.2) is 4.99 Å². The molecule has 1 fully saturated rings. The van der Waals surface area contributed by atoms with Crippen molar-refractivity contribution in [3.05, 3.63) is 71.8 Å². The lowest BCUT2D eigenvalue weighted by Crippen LogP contribution is -2.36. The van der Waals surface area contributed by atoms with E-state index < -0.39 is 0 Å². The van der Waals surface area contributed by atoms with Gasteiger partial charge in [0.1, 0.15) is 0 Å². The van der Waals surface area contributed by atoms with Crippen LogP contribution in [0.5, 0.6) is 0 Å². The molecule has 0 bridgehead atoms. The number of anilines is 1. The Labute approximate surface area is 152 Å². The van der Waals surface area contributed by atoms with Gasteiger partial charge in [-0.15, -0.1) is 0 Å². The zero-order chi connectivity index (χ0) is 17.1. The normalized spacial score (nSPS) is 20.8. The molecule has 2 aromatic rings. The SMILES string of the molecule is NC1=NC(c2ccc(N3CCOCC3)cc2)=CC(c2ccccc2)S1. The lowest BCUT2D eigenvalue weighted by Gasteiger charge is -2.29. The topological polar surface area (TPSA) is 50.8 Å². The molecule has 0 aromatic heterocycles. The second kappa shape index (κ2) is 7.33. The van der Waals surface area contributed by atoms with E-state index in [0.29, 0.717) is 5.17 Å². The number of rotatable bonds is 3. The first kappa shape index (κ1) is 16.2. The Bertz CT molecular complexity index is 780. The highest BCUT2D eigenvalue weighted by atomic mass is 32.2. The standard InChI is InChI=1S/C20H21N3OS/c21-20-22-18(14-19(25-20)16-4-2-1-3-5-16)15-6-8-17(9-7-15)23-10-12-24-13-11-23/h1-9,14,19H,10-13H2,(H2,21,22). The van der Waals surface area contributed by atoms with Crippen LogP contribution in [-0.4, -0.2) is 31.5 Å². The Hall–Kier alpha value is -2.24. The van der Waals surface area contributed by atoms with Gasteiger partial charge in [-0.2, -0.15) is 0 Å². The Balaban J connectivity index is 1.58. The third-order valence-electron chi connectivity index (χ3n) is 4.46. The molecule has 0 radical (unpaired) electrons. The second-order valence-electron chi connectivity index (χ2n) is 6.10. The molecule has 2 heterocycles. The number of hydrogen-bond donors (Lipinski definition) is 1. The maximum absolute atomic E-state index is 6.09. The number of ether oxygens (including phenoxy) is 1. The zero-order valence-corrected chi connectivity index (χ0v) is 14.8. The molecule has 1 saturated heterocycles. The molecular weight excluding hydrogens is 330 g/mol. The highest BCUT2D eigenvalue weighted by Crippen LogP contribution is 2.37.